The summed E-state index contributed by atoms with van der Waals surface area (Å²) >= 11 is 0. The van der Waals surface area contributed by atoms with Gasteiger partial charge in [-0.2, -0.15) is 0 Å². The molecular formula is C10H17N. The summed E-state index contributed by atoms with van der Waals surface area (Å²) in [5, 5.41) is 3.82. The maximum absolute atomic E-state index is 3.82. The Morgan fingerprint density at radius 1 is 0.636 bits per heavy atom. The first-order chi connectivity index (χ1) is 5.37. The zero-order chi connectivity index (χ0) is 7.36. The molecule has 1 heteroatoms. The number of fused-ring (bicyclic) bond motifs is 1. The summed E-state index contributed by atoms with van der Waals surface area (Å²) in [5.74, 6) is 0. The molecule has 0 aromatic rings. The van der Waals surface area contributed by atoms with Gasteiger partial charge in [0.05, 0.1) is 0 Å². The molecule has 0 radical (unpaired) electrons. The van der Waals surface area contributed by atoms with Crippen molar-refractivity contribution >= 4 is 0 Å². The number of nitrogens with one attached hydrogen (secondary N) is 1. The summed E-state index contributed by atoms with van der Waals surface area (Å²) in [6.07, 6.45) is 11.8. The fourth-order valence-electron chi connectivity index (χ4n) is 3.59. The summed E-state index contributed by atoms with van der Waals surface area (Å²) in [6, 6.07) is 0. The molecule has 0 amide bonds. The van der Waals surface area contributed by atoms with Crippen molar-refractivity contribution in [3.63, 3.8) is 0 Å². The van der Waals surface area contributed by atoms with E-state index in [-0.39, 0.29) is 0 Å². The lowest BCUT2D eigenvalue weighted by molar-refractivity contribution is 0.520. The quantitative estimate of drug-likeness (QED) is 0.527. The zero-order valence-electron chi connectivity index (χ0n) is 7.16. The Balaban J connectivity index is 1.83. The van der Waals surface area contributed by atoms with E-state index in [2.05, 4.69) is 5.32 Å². The van der Waals surface area contributed by atoms with Crippen LogP contribution in [0.5, 0.6) is 0 Å². The lowest BCUT2D eigenvalue weighted by Crippen LogP contribution is -2.19. The van der Waals surface area contributed by atoms with E-state index in [9.17, 15) is 0 Å². The predicted octanol–water partition coefficient (Wildman–Crippen LogP) is 2.22. The molecule has 2 saturated carbocycles. The molecule has 0 aromatic carbocycles. The SMILES string of the molecule is C1CCC2(C1)NC21CCCC1. The molecular weight excluding hydrogens is 134 g/mol. The van der Waals surface area contributed by atoms with Crippen LogP contribution in [-0.2, 0) is 0 Å². The van der Waals surface area contributed by atoms with Crippen LogP contribution in [0.15, 0.2) is 0 Å². The highest BCUT2D eigenvalue weighted by Crippen LogP contribution is 2.57. The van der Waals surface area contributed by atoms with Gasteiger partial charge in [0, 0.05) is 11.1 Å². The van der Waals surface area contributed by atoms with Crippen molar-refractivity contribution in [3.05, 3.63) is 0 Å². The van der Waals surface area contributed by atoms with Gasteiger partial charge in [0.2, 0.25) is 0 Å². The summed E-state index contributed by atoms with van der Waals surface area (Å²) < 4.78 is 0. The lowest BCUT2D eigenvalue weighted by Gasteiger charge is -2.11. The van der Waals surface area contributed by atoms with Gasteiger partial charge in [-0.15, -0.1) is 0 Å². The molecule has 62 valence electrons. The first kappa shape index (κ1) is 6.47. The Morgan fingerprint density at radius 3 is 1.36 bits per heavy atom. The van der Waals surface area contributed by atoms with Crippen molar-refractivity contribution in [2.45, 2.75) is 62.4 Å². The second-order valence-corrected chi connectivity index (χ2v) is 4.70. The van der Waals surface area contributed by atoms with Crippen LogP contribution >= 0.6 is 0 Å². The van der Waals surface area contributed by atoms with Crippen molar-refractivity contribution in [2.75, 3.05) is 0 Å². The molecule has 0 atom stereocenters. The van der Waals surface area contributed by atoms with Crippen molar-refractivity contribution in [1.82, 2.24) is 5.32 Å². The molecule has 3 rings (SSSR count). The van der Waals surface area contributed by atoms with Crippen LogP contribution in [0.25, 0.3) is 0 Å². The van der Waals surface area contributed by atoms with Crippen LogP contribution in [0, 0.1) is 0 Å². The number of hydrogen-bond donors (Lipinski definition) is 1. The Bertz CT molecular complexity index is 153. The van der Waals surface area contributed by atoms with Gasteiger partial charge < -0.3 is 5.32 Å². The van der Waals surface area contributed by atoms with E-state index in [4.69, 9.17) is 0 Å². The highest BCUT2D eigenvalue weighted by Gasteiger charge is 2.67. The van der Waals surface area contributed by atoms with Crippen molar-refractivity contribution in [1.29, 1.82) is 0 Å². The minimum atomic E-state index is 0.670. The molecule has 1 heterocycles. The predicted molar refractivity (Wildman–Crippen MR) is 45.5 cm³/mol. The maximum atomic E-state index is 3.82. The van der Waals surface area contributed by atoms with Crippen molar-refractivity contribution in [2.24, 2.45) is 0 Å². The van der Waals surface area contributed by atoms with Gasteiger partial charge in [0.15, 0.2) is 0 Å². The molecule has 1 aliphatic heterocycles. The molecule has 11 heavy (non-hydrogen) atoms. The topological polar surface area (TPSA) is 21.9 Å². The van der Waals surface area contributed by atoms with Crippen molar-refractivity contribution < 1.29 is 0 Å². The van der Waals surface area contributed by atoms with E-state index < -0.39 is 0 Å². The first-order valence-electron chi connectivity index (χ1n) is 5.16. The van der Waals surface area contributed by atoms with Gasteiger partial charge >= 0.3 is 0 Å². The van der Waals surface area contributed by atoms with Crippen LogP contribution < -0.4 is 5.32 Å². The normalized spacial score (nSPS) is 37.1. The largest absolute Gasteiger partial charge is 0.302 e. The summed E-state index contributed by atoms with van der Waals surface area (Å²) in [7, 11) is 0. The third-order valence-corrected chi connectivity index (χ3v) is 4.25. The van der Waals surface area contributed by atoms with Crippen LogP contribution in [0.4, 0.5) is 0 Å². The fraction of sp³-hybridized carbons (Fsp3) is 1.00. The second kappa shape index (κ2) is 1.82. The Kier molecular flexibility index (Phi) is 1.07. The van der Waals surface area contributed by atoms with Gasteiger partial charge in [0.1, 0.15) is 0 Å². The van der Waals surface area contributed by atoms with E-state index in [0.29, 0.717) is 11.1 Å². The lowest BCUT2D eigenvalue weighted by atomic mass is 9.90. The fourth-order valence-corrected chi connectivity index (χ4v) is 3.59. The molecule has 1 saturated heterocycles. The minimum absolute atomic E-state index is 0.670. The average molecular weight is 151 g/mol. The van der Waals surface area contributed by atoms with Gasteiger partial charge in [-0.1, -0.05) is 25.7 Å². The number of hydrogen-bond acceptors (Lipinski definition) is 1. The molecule has 3 fully saturated rings. The molecule has 1 nitrogen and oxygen atoms in total. The monoisotopic (exact) mass is 151 g/mol. The zero-order valence-corrected chi connectivity index (χ0v) is 7.16. The Labute approximate surface area is 68.6 Å². The molecule has 0 aromatic heterocycles. The highest BCUT2D eigenvalue weighted by atomic mass is 15.3. The average Bonchev–Trinajstić information content (AvgIpc) is 2.42. The van der Waals surface area contributed by atoms with Crippen LogP contribution in [0.3, 0.4) is 0 Å². The van der Waals surface area contributed by atoms with Gasteiger partial charge in [-0.25, -0.2) is 0 Å². The molecule has 0 bridgehead atoms. The number of rotatable bonds is 0. The summed E-state index contributed by atoms with van der Waals surface area (Å²) in [4.78, 5) is 0. The van der Waals surface area contributed by atoms with Crippen molar-refractivity contribution in [3.8, 4) is 0 Å². The smallest absolute Gasteiger partial charge is 0.0369 e. The van der Waals surface area contributed by atoms with Crippen LogP contribution in [-0.4, -0.2) is 11.1 Å². The summed E-state index contributed by atoms with van der Waals surface area (Å²) in [5.41, 5.74) is 1.34. The van der Waals surface area contributed by atoms with E-state index in [0.717, 1.165) is 0 Å². The molecule has 1 N–H and O–H groups in total. The Morgan fingerprint density at radius 2 is 1.00 bits per heavy atom. The third-order valence-electron chi connectivity index (χ3n) is 4.25. The second-order valence-electron chi connectivity index (χ2n) is 4.70. The maximum Gasteiger partial charge on any atom is 0.0369 e. The molecule has 0 unspecified atom stereocenters. The molecule has 2 aliphatic carbocycles. The van der Waals surface area contributed by atoms with Gasteiger partial charge in [0.25, 0.3) is 0 Å². The summed E-state index contributed by atoms with van der Waals surface area (Å²) in [6.45, 7) is 0. The van der Waals surface area contributed by atoms with E-state index in [1.807, 2.05) is 0 Å². The molecule has 3 aliphatic rings. The standard InChI is InChI=1S/C10H17N/c1-2-6-9(5-1)10(11-9)7-3-4-8-10/h11H,1-8H2. The third kappa shape index (κ3) is 0.658. The van der Waals surface area contributed by atoms with E-state index >= 15 is 0 Å². The van der Waals surface area contributed by atoms with Crippen LogP contribution in [0.2, 0.25) is 0 Å². The first-order valence-corrected chi connectivity index (χ1v) is 5.16. The Hall–Kier alpha value is -0.0400. The van der Waals surface area contributed by atoms with Crippen LogP contribution in [0.1, 0.15) is 51.4 Å². The van der Waals surface area contributed by atoms with Gasteiger partial charge in [-0.3, -0.25) is 0 Å². The van der Waals surface area contributed by atoms with E-state index in [1.165, 1.54) is 51.4 Å². The highest BCUT2D eigenvalue weighted by molar-refractivity contribution is 5.28. The van der Waals surface area contributed by atoms with Gasteiger partial charge in [-0.05, 0) is 25.7 Å². The minimum Gasteiger partial charge on any atom is -0.302 e. The van der Waals surface area contributed by atoms with E-state index in [1.54, 1.807) is 0 Å². The molecule has 2 spiro atoms.